The maximum Gasteiger partial charge on any atom is 0.142 e. The van der Waals surface area contributed by atoms with Crippen LogP contribution in [0.15, 0.2) is 29.4 Å². The predicted molar refractivity (Wildman–Crippen MR) is 88.3 cm³/mol. The van der Waals surface area contributed by atoms with Crippen molar-refractivity contribution in [3.63, 3.8) is 0 Å². The first-order valence-electron chi connectivity index (χ1n) is 7.03. The zero-order valence-corrected chi connectivity index (χ0v) is 13.7. The van der Waals surface area contributed by atoms with Crippen LogP contribution in [0.4, 0.5) is 0 Å². The SMILES string of the molecule is Cc1nn(-c2ccccc2Cl)c(Cl)c1/C=N\N1CCOCC1. The molecular formula is C15H16Cl2N4O. The van der Waals surface area contributed by atoms with Crippen molar-refractivity contribution < 1.29 is 4.74 Å². The number of rotatable bonds is 3. The van der Waals surface area contributed by atoms with Gasteiger partial charge in [0.2, 0.25) is 0 Å². The van der Waals surface area contributed by atoms with Crippen molar-refractivity contribution in [3.05, 3.63) is 45.7 Å². The highest BCUT2D eigenvalue weighted by atomic mass is 35.5. The fraction of sp³-hybridized carbons (Fsp3) is 0.333. The second-order valence-electron chi connectivity index (χ2n) is 4.96. The van der Waals surface area contributed by atoms with Crippen LogP contribution in [0.25, 0.3) is 5.69 Å². The normalized spacial score (nSPS) is 15.7. The summed E-state index contributed by atoms with van der Waals surface area (Å²) in [5, 5.41) is 12.0. The van der Waals surface area contributed by atoms with Crippen LogP contribution in [-0.4, -0.2) is 47.3 Å². The second kappa shape index (κ2) is 6.69. The van der Waals surface area contributed by atoms with Gasteiger partial charge in [0.1, 0.15) is 5.15 Å². The molecule has 0 N–H and O–H groups in total. The maximum absolute atomic E-state index is 6.46. The number of aryl methyl sites for hydroxylation is 1. The molecular weight excluding hydrogens is 323 g/mol. The minimum atomic E-state index is 0.502. The Hall–Kier alpha value is -1.56. The first-order chi connectivity index (χ1) is 10.7. The summed E-state index contributed by atoms with van der Waals surface area (Å²) in [5.74, 6) is 0. The molecule has 2 aromatic rings. The fourth-order valence-corrected chi connectivity index (χ4v) is 2.78. The third kappa shape index (κ3) is 3.11. The molecule has 7 heteroatoms. The van der Waals surface area contributed by atoms with Crippen LogP contribution >= 0.6 is 23.2 Å². The van der Waals surface area contributed by atoms with Crippen molar-refractivity contribution >= 4 is 29.4 Å². The Bertz CT molecular complexity index is 693. The summed E-state index contributed by atoms with van der Waals surface area (Å²) >= 11 is 12.7. The first-order valence-corrected chi connectivity index (χ1v) is 7.79. The van der Waals surface area contributed by atoms with E-state index in [2.05, 4.69) is 10.2 Å². The van der Waals surface area contributed by atoms with E-state index in [4.69, 9.17) is 27.9 Å². The lowest BCUT2D eigenvalue weighted by Gasteiger charge is -2.23. The Morgan fingerprint density at radius 1 is 1.23 bits per heavy atom. The zero-order valence-electron chi connectivity index (χ0n) is 12.2. The highest BCUT2D eigenvalue weighted by Crippen LogP contribution is 2.26. The van der Waals surface area contributed by atoms with E-state index in [-0.39, 0.29) is 0 Å². The van der Waals surface area contributed by atoms with Gasteiger partial charge in [-0.25, -0.2) is 4.68 Å². The summed E-state index contributed by atoms with van der Waals surface area (Å²) in [5.41, 5.74) is 2.36. The van der Waals surface area contributed by atoms with Crippen LogP contribution in [0.5, 0.6) is 0 Å². The van der Waals surface area contributed by atoms with E-state index >= 15 is 0 Å². The Morgan fingerprint density at radius 3 is 2.68 bits per heavy atom. The lowest BCUT2D eigenvalue weighted by atomic mass is 10.3. The van der Waals surface area contributed by atoms with Gasteiger partial charge in [-0.3, -0.25) is 5.01 Å². The van der Waals surface area contributed by atoms with Crippen molar-refractivity contribution in [3.8, 4) is 5.69 Å². The monoisotopic (exact) mass is 338 g/mol. The Morgan fingerprint density at radius 2 is 1.95 bits per heavy atom. The molecule has 2 heterocycles. The number of benzene rings is 1. The molecule has 0 amide bonds. The number of morpholine rings is 1. The molecule has 1 fully saturated rings. The van der Waals surface area contributed by atoms with E-state index in [1.165, 1.54) is 0 Å². The summed E-state index contributed by atoms with van der Waals surface area (Å²) in [6, 6.07) is 7.46. The van der Waals surface area contributed by atoms with E-state index in [0.717, 1.165) is 30.0 Å². The largest absolute Gasteiger partial charge is 0.378 e. The van der Waals surface area contributed by atoms with Gasteiger partial charge in [-0.05, 0) is 19.1 Å². The van der Waals surface area contributed by atoms with Gasteiger partial charge in [0.25, 0.3) is 0 Å². The first kappa shape index (κ1) is 15.3. The van der Waals surface area contributed by atoms with Crippen LogP contribution in [0, 0.1) is 6.92 Å². The standard InChI is InChI=1S/C15H16Cl2N4O/c1-11-12(10-18-20-6-8-22-9-7-20)15(17)21(19-11)14-5-3-2-4-13(14)16/h2-5,10H,6-9H2,1H3/b18-10-. The molecule has 1 saturated heterocycles. The van der Waals surface area contributed by atoms with Gasteiger partial charge < -0.3 is 4.74 Å². The summed E-state index contributed by atoms with van der Waals surface area (Å²) in [4.78, 5) is 0. The molecule has 22 heavy (non-hydrogen) atoms. The van der Waals surface area contributed by atoms with Crippen LogP contribution in [0.1, 0.15) is 11.3 Å². The Balaban J connectivity index is 1.90. The molecule has 1 aliphatic rings. The highest BCUT2D eigenvalue weighted by molar-refractivity contribution is 6.34. The average molecular weight is 339 g/mol. The van der Waals surface area contributed by atoms with Gasteiger partial charge in [0, 0.05) is 0 Å². The third-order valence-electron chi connectivity index (χ3n) is 3.47. The topological polar surface area (TPSA) is 42.7 Å². The molecule has 3 rings (SSSR count). The molecule has 116 valence electrons. The van der Waals surface area contributed by atoms with Crippen LogP contribution < -0.4 is 0 Å². The van der Waals surface area contributed by atoms with Crippen LogP contribution in [0.3, 0.4) is 0 Å². The van der Waals surface area contributed by atoms with Gasteiger partial charge in [0.05, 0.1) is 54.5 Å². The highest BCUT2D eigenvalue weighted by Gasteiger charge is 2.15. The lowest BCUT2D eigenvalue weighted by Crippen LogP contribution is -2.32. The fourth-order valence-electron chi connectivity index (χ4n) is 2.25. The van der Waals surface area contributed by atoms with Gasteiger partial charge in [-0.1, -0.05) is 35.3 Å². The number of hydrazone groups is 1. The van der Waals surface area contributed by atoms with Gasteiger partial charge in [0.15, 0.2) is 0 Å². The smallest absolute Gasteiger partial charge is 0.142 e. The Labute approximate surface area is 139 Å². The minimum absolute atomic E-state index is 0.502. The average Bonchev–Trinajstić information content (AvgIpc) is 2.81. The van der Waals surface area contributed by atoms with Gasteiger partial charge in [-0.15, -0.1) is 0 Å². The molecule has 1 aromatic heterocycles. The molecule has 0 saturated carbocycles. The number of aromatic nitrogens is 2. The van der Waals surface area contributed by atoms with E-state index in [1.54, 1.807) is 10.9 Å². The Kier molecular flexibility index (Phi) is 4.66. The molecule has 0 aliphatic carbocycles. The van der Waals surface area contributed by atoms with Crippen molar-refractivity contribution in [2.75, 3.05) is 26.3 Å². The number of hydrogen-bond acceptors (Lipinski definition) is 4. The molecule has 5 nitrogen and oxygen atoms in total. The van der Waals surface area contributed by atoms with E-state index in [9.17, 15) is 0 Å². The number of halogens is 2. The number of para-hydroxylation sites is 1. The van der Waals surface area contributed by atoms with Gasteiger partial charge >= 0.3 is 0 Å². The van der Waals surface area contributed by atoms with Crippen molar-refractivity contribution in [2.24, 2.45) is 5.10 Å². The number of nitrogens with zero attached hydrogens (tertiary/aromatic N) is 4. The summed E-state index contributed by atoms with van der Waals surface area (Å²) in [7, 11) is 0. The van der Waals surface area contributed by atoms with E-state index in [0.29, 0.717) is 23.4 Å². The maximum atomic E-state index is 6.46. The lowest BCUT2D eigenvalue weighted by molar-refractivity contribution is 0.0397. The second-order valence-corrected chi connectivity index (χ2v) is 5.73. The molecule has 1 aliphatic heterocycles. The van der Waals surface area contributed by atoms with Crippen LogP contribution in [-0.2, 0) is 4.74 Å². The molecule has 0 bridgehead atoms. The van der Waals surface area contributed by atoms with E-state index < -0.39 is 0 Å². The van der Waals surface area contributed by atoms with E-state index in [1.807, 2.05) is 36.2 Å². The number of hydrogen-bond donors (Lipinski definition) is 0. The molecule has 1 aromatic carbocycles. The van der Waals surface area contributed by atoms with Crippen molar-refractivity contribution in [1.82, 2.24) is 14.8 Å². The van der Waals surface area contributed by atoms with Gasteiger partial charge in [-0.2, -0.15) is 10.2 Å². The number of ether oxygens (including phenoxy) is 1. The summed E-state index contributed by atoms with van der Waals surface area (Å²) in [6.07, 6.45) is 1.75. The van der Waals surface area contributed by atoms with Crippen LogP contribution in [0.2, 0.25) is 10.2 Å². The summed E-state index contributed by atoms with van der Waals surface area (Å²) < 4.78 is 6.94. The molecule has 0 unspecified atom stereocenters. The predicted octanol–water partition coefficient (Wildman–Crippen LogP) is 3.15. The van der Waals surface area contributed by atoms with Crippen molar-refractivity contribution in [2.45, 2.75) is 6.92 Å². The molecule has 0 atom stereocenters. The molecule has 0 spiro atoms. The zero-order chi connectivity index (χ0) is 15.5. The summed E-state index contributed by atoms with van der Waals surface area (Å²) in [6.45, 7) is 4.86. The molecule has 0 radical (unpaired) electrons. The third-order valence-corrected chi connectivity index (χ3v) is 4.15. The van der Waals surface area contributed by atoms with Crippen molar-refractivity contribution in [1.29, 1.82) is 0 Å². The minimum Gasteiger partial charge on any atom is -0.378 e. The quantitative estimate of drug-likeness (QED) is 0.807.